The Morgan fingerprint density at radius 3 is 2.57 bits per heavy atom. The van der Waals surface area contributed by atoms with E-state index in [-0.39, 0.29) is 11.6 Å². The highest BCUT2D eigenvalue weighted by Crippen LogP contribution is 2.48. The van der Waals surface area contributed by atoms with Gasteiger partial charge in [0, 0.05) is 5.39 Å². The largest absolute Gasteiger partial charge is 0.435 e. The fourth-order valence-corrected chi connectivity index (χ4v) is 5.96. The standard InChI is InChI=1S/C26H33F3O/c1-2-3-4-5-17-6-7-19-13-20(9-8-18(19)12-17)22-14-21-10-11-23(30-26(28)29)16-24(21)25(27)15-22/h10-11,14-20,26H,2-9,12-13H2,1H3/t17-,18?,19-,20?/m1/s1. The molecule has 0 spiro atoms. The van der Waals surface area contributed by atoms with Gasteiger partial charge in [0.15, 0.2) is 0 Å². The van der Waals surface area contributed by atoms with E-state index in [1.165, 1.54) is 63.5 Å². The van der Waals surface area contributed by atoms with E-state index in [9.17, 15) is 13.2 Å². The summed E-state index contributed by atoms with van der Waals surface area (Å²) in [5.74, 6) is 2.59. The van der Waals surface area contributed by atoms with E-state index in [0.717, 1.165) is 41.5 Å². The highest BCUT2D eigenvalue weighted by Gasteiger charge is 2.36. The minimum absolute atomic E-state index is 0.000328. The molecule has 164 valence electrons. The molecule has 1 nitrogen and oxygen atoms in total. The van der Waals surface area contributed by atoms with Crippen molar-refractivity contribution in [2.75, 3.05) is 0 Å². The van der Waals surface area contributed by atoms with Crippen molar-refractivity contribution in [2.45, 2.75) is 83.7 Å². The zero-order chi connectivity index (χ0) is 21.1. The van der Waals surface area contributed by atoms with E-state index in [1.54, 1.807) is 12.1 Å². The molecule has 2 aliphatic rings. The molecule has 0 heterocycles. The molecule has 2 unspecified atom stereocenters. The molecule has 2 aromatic rings. The smallest absolute Gasteiger partial charge is 0.387 e. The number of rotatable bonds is 7. The molecule has 2 aliphatic carbocycles. The SMILES string of the molecule is CCCCC[C@@H]1CC[C@@H]2CC(c3cc(F)c4cc(OC(F)F)ccc4c3)CCC2C1. The van der Waals surface area contributed by atoms with Gasteiger partial charge in [-0.1, -0.05) is 51.2 Å². The third-order valence-corrected chi connectivity index (χ3v) is 7.53. The predicted octanol–water partition coefficient (Wildman–Crippen LogP) is 8.46. The van der Waals surface area contributed by atoms with Crippen LogP contribution in [0.3, 0.4) is 0 Å². The van der Waals surface area contributed by atoms with E-state index < -0.39 is 6.61 Å². The molecule has 2 fully saturated rings. The van der Waals surface area contributed by atoms with E-state index in [1.807, 2.05) is 6.07 Å². The Labute approximate surface area is 178 Å². The summed E-state index contributed by atoms with van der Waals surface area (Å²) in [6, 6.07) is 8.22. The molecule has 0 amide bonds. The quantitative estimate of drug-likeness (QED) is 0.410. The lowest BCUT2D eigenvalue weighted by Crippen LogP contribution is -2.30. The molecule has 4 heteroatoms. The van der Waals surface area contributed by atoms with Gasteiger partial charge in [-0.15, -0.1) is 0 Å². The Bertz CT molecular complexity index is 850. The maximum Gasteiger partial charge on any atom is 0.387 e. The Balaban J connectivity index is 1.43. The normalized spacial score (nSPS) is 26.7. The van der Waals surface area contributed by atoms with Gasteiger partial charge in [-0.25, -0.2) is 4.39 Å². The van der Waals surface area contributed by atoms with Crippen molar-refractivity contribution in [3.63, 3.8) is 0 Å². The third-order valence-electron chi connectivity index (χ3n) is 7.53. The van der Waals surface area contributed by atoms with Gasteiger partial charge in [0.05, 0.1) is 0 Å². The summed E-state index contributed by atoms with van der Waals surface area (Å²) in [5.41, 5.74) is 1.06. The van der Waals surface area contributed by atoms with E-state index >= 15 is 0 Å². The van der Waals surface area contributed by atoms with Crippen molar-refractivity contribution in [2.24, 2.45) is 17.8 Å². The number of fused-ring (bicyclic) bond motifs is 2. The van der Waals surface area contributed by atoms with Crippen molar-refractivity contribution < 1.29 is 17.9 Å². The van der Waals surface area contributed by atoms with E-state index in [0.29, 0.717) is 11.3 Å². The Kier molecular flexibility index (Phi) is 6.90. The molecule has 4 atom stereocenters. The summed E-state index contributed by atoms with van der Waals surface area (Å²) in [6.07, 6.45) is 13.0. The number of halogens is 3. The Morgan fingerprint density at radius 1 is 0.967 bits per heavy atom. The van der Waals surface area contributed by atoms with Gasteiger partial charge in [-0.3, -0.25) is 0 Å². The molecule has 0 saturated heterocycles. The van der Waals surface area contributed by atoms with Crippen LogP contribution in [-0.2, 0) is 0 Å². The second kappa shape index (κ2) is 9.62. The number of alkyl halides is 2. The van der Waals surface area contributed by atoms with Gasteiger partial charge in [-0.05, 0) is 84.9 Å². The van der Waals surface area contributed by atoms with Crippen molar-refractivity contribution in [1.82, 2.24) is 0 Å². The van der Waals surface area contributed by atoms with Crippen LogP contribution in [0.5, 0.6) is 5.75 Å². The summed E-state index contributed by atoms with van der Waals surface area (Å²) in [7, 11) is 0. The number of hydrogen-bond donors (Lipinski definition) is 0. The minimum atomic E-state index is -2.90. The fourth-order valence-electron chi connectivity index (χ4n) is 5.96. The van der Waals surface area contributed by atoms with Gasteiger partial charge < -0.3 is 4.74 Å². The van der Waals surface area contributed by atoms with Crippen molar-refractivity contribution in [3.05, 3.63) is 41.7 Å². The Morgan fingerprint density at radius 2 is 1.77 bits per heavy atom. The van der Waals surface area contributed by atoms with Gasteiger partial charge in [0.2, 0.25) is 0 Å². The predicted molar refractivity (Wildman–Crippen MR) is 116 cm³/mol. The van der Waals surface area contributed by atoms with Crippen LogP contribution in [0.4, 0.5) is 13.2 Å². The first-order valence-corrected chi connectivity index (χ1v) is 11.7. The van der Waals surface area contributed by atoms with Gasteiger partial charge in [-0.2, -0.15) is 8.78 Å². The Hall–Kier alpha value is -1.71. The zero-order valence-corrected chi connectivity index (χ0v) is 17.9. The maximum atomic E-state index is 14.8. The lowest BCUT2D eigenvalue weighted by atomic mass is 9.63. The van der Waals surface area contributed by atoms with Crippen LogP contribution in [0, 0.1) is 23.6 Å². The van der Waals surface area contributed by atoms with Gasteiger partial charge in [0.1, 0.15) is 11.6 Å². The first-order chi connectivity index (χ1) is 14.5. The molecule has 0 aromatic heterocycles. The molecule has 30 heavy (non-hydrogen) atoms. The van der Waals surface area contributed by atoms with Crippen molar-refractivity contribution in [3.8, 4) is 5.75 Å². The second-order valence-corrected chi connectivity index (χ2v) is 9.47. The van der Waals surface area contributed by atoms with Crippen LogP contribution in [0.25, 0.3) is 10.8 Å². The molecule has 0 radical (unpaired) electrons. The van der Waals surface area contributed by atoms with Crippen LogP contribution in [-0.4, -0.2) is 6.61 Å². The molecule has 2 aromatic carbocycles. The highest BCUT2D eigenvalue weighted by molar-refractivity contribution is 5.85. The van der Waals surface area contributed by atoms with Crippen LogP contribution in [0.15, 0.2) is 30.3 Å². The van der Waals surface area contributed by atoms with Crippen LogP contribution >= 0.6 is 0 Å². The van der Waals surface area contributed by atoms with Crippen LogP contribution in [0.1, 0.15) is 82.6 Å². The van der Waals surface area contributed by atoms with Crippen LogP contribution < -0.4 is 4.74 Å². The lowest BCUT2D eigenvalue weighted by Gasteiger charge is -2.42. The first kappa shape index (κ1) is 21.5. The van der Waals surface area contributed by atoms with E-state index in [4.69, 9.17) is 0 Å². The summed E-state index contributed by atoms with van der Waals surface area (Å²) >= 11 is 0. The average Bonchev–Trinajstić information content (AvgIpc) is 2.73. The maximum absolute atomic E-state index is 14.8. The number of ether oxygens (including phenoxy) is 1. The highest BCUT2D eigenvalue weighted by atomic mass is 19.3. The topological polar surface area (TPSA) is 9.23 Å². The zero-order valence-electron chi connectivity index (χ0n) is 17.9. The number of unbranched alkanes of at least 4 members (excludes halogenated alkanes) is 2. The summed E-state index contributed by atoms with van der Waals surface area (Å²) < 4.78 is 44.1. The summed E-state index contributed by atoms with van der Waals surface area (Å²) in [4.78, 5) is 0. The van der Waals surface area contributed by atoms with Gasteiger partial charge >= 0.3 is 6.61 Å². The number of benzene rings is 2. The van der Waals surface area contributed by atoms with Crippen molar-refractivity contribution in [1.29, 1.82) is 0 Å². The molecule has 0 aliphatic heterocycles. The molecule has 4 rings (SSSR count). The van der Waals surface area contributed by atoms with Crippen molar-refractivity contribution >= 4 is 10.8 Å². The van der Waals surface area contributed by atoms with Crippen LogP contribution in [0.2, 0.25) is 0 Å². The molecule has 0 N–H and O–H groups in total. The third kappa shape index (κ3) is 4.95. The molecular formula is C26H33F3O. The molecular weight excluding hydrogens is 385 g/mol. The lowest BCUT2D eigenvalue weighted by molar-refractivity contribution is -0.0497. The molecule has 0 bridgehead atoms. The molecule has 2 saturated carbocycles. The average molecular weight is 419 g/mol. The second-order valence-electron chi connectivity index (χ2n) is 9.47. The van der Waals surface area contributed by atoms with Gasteiger partial charge in [0.25, 0.3) is 0 Å². The first-order valence-electron chi connectivity index (χ1n) is 11.7. The summed E-state index contributed by atoms with van der Waals surface area (Å²) in [5, 5.41) is 1.10. The monoisotopic (exact) mass is 418 g/mol. The minimum Gasteiger partial charge on any atom is -0.435 e. The number of hydrogen-bond acceptors (Lipinski definition) is 1. The van der Waals surface area contributed by atoms with E-state index in [2.05, 4.69) is 11.7 Å². The fraction of sp³-hybridized carbons (Fsp3) is 0.615. The summed E-state index contributed by atoms with van der Waals surface area (Å²) in [6.45, 7) is -0.633.